The number of carbonyl (C=O) groups excluding carboxylic acids is 2. The molecule has 3 aromatic carbocycles. The van der Waals surface area contributed by atoms with Gasteiger partial charge in [-0.3, -0.25) is 13.9 Å². The van der Waals surface area contributed by atoms with Gasteiger partial charge in [-0.1, -0.05) is 59.6 Å². The minimum absolute atomic E-state index is 0.0278. The zero-order chi connectivity index (χ0) is 28.0. The quantitative estimate of drug-likeness (QED) is 0.352. The van der Waals surface area contributed by atoms with E-state index in [4.69, 9.17) is 23.2 Å². The van der Waals surface area contributed by atoms with E-state index in [1.165, 1.54) is 17.0 Å². The minimum atomic E-state index is -4.12. The highest BCUT2D eigenvalue weighted by atomic mass is 35.5. The number of amides is 2. The fourth-order valence-corrected chi connectivity index (χ4v) is 5.77. The van der Waals surface area contributed by atoms with Crippen LogP contribution in [0.25, 0.3) is 0 Å². The van der Waals surface area contributed by atoms with Crippen LogP contribution < -0.4 is 9.62 Å². The lowest BCUT2D eigenvalue weighted by molar-refractivity contribution is -0.139. The average Bonchev–Trinajstić information content (AvgIpc) is 2.89. The van der Waals surface area contributed by atoms with Gasteiger partial charge in [-0.05, 0) is 74.7 Å². The van der Waals surface area contributed by atoms with Crippen LogP contribution in [0.15, 0.2) is 71.6 Å². The molecule has 1 atom stereocenters. The second-order valence-electron chi connectivity index (χ2n) is 8.96. The number of halogens is 2. The highest BCUT2D eigenvalue weighted by molar-refractivity contribution is 7.92. The van der Waals surface area contributed by atoms with Gasteiger partial charge in [-0.2, -0.15) is 0 Å². The number of aryl methyl sites for hydroxylation is 2. The fourth-order valence-electron chi connectivity index (χ4n) is 3.96. The van der Waals surface area contributed by atoms with Crippen LogP contribution in [0, 0.1) is 13.8 Å². The van der Waals surface area contributed by atoms with Gasteiger partial charge in [0.25, 0.3) is 10.0 Å². The molecule has 2 amide bonds. The first-order valence-corrected chi connectivity index (χ1v) is 14.3. The zero-order valence-corrected chi connectivity index (χ0v) is 24.1. The van der Waals surface area contributed by atoms with E-state index in [1.54, 1.807) is 63.2 Å². The van der Waals surface area contributed by atoms with Gasteiger partial charge in [0.15, 0.2) is 0 Å². The van der Waals surface area contributed by atoms with Crippen molar-refractivity contribution in [3.63, 3.8) is 0 Å². The maximum absolute atomic E-state index is 13.9. The topological polar surface area (TPSA) is 86.8 Å². The maximum atomic E-state index is 13.9. The Bertz CT molecular complexity index is 1410. The first kappa shape index (κ1) is 29.5. The second-order valence-corrected chi connectivity index (χ2v) is 11.6. The molecule has 0 fully saturated rings. The van der Waals surface area contributed by atoms with Crippen LogP contribution in [0.2, 0.25) is 10.0 Å². The lowest BCUT2D eigenvalue weighted by Crippen LogP contribution is -2.51. The van der Waals surface area contributed by atoms with Gasteiger partial charge in [0, 0.05) is 13.1 Å². The number of rotatable bonds is 10. The number of anilines is 1. The number of hydrogen-bond donors (Lipinski definition) is 1. The molecule has 3 aromatic rings. The van der Waals surface area contributed by atoms with Gasteiger partial charge < -0.3 is 10.2 Å². The largest absolute Gasteiger partial charge is 0.355 e. The van der Waals surface area contributed by atoms with Gasteiger partial charge >= 0.3 is 0 Å². The smallest absolute Gasteiger partial charge is 0.264 e. The summed E-state index contributed by atoms with van der Waals surface area (Å²) in [6.07, 6.45) is 0. The van der Waals surface area contributed by atoms with Crippen molar-refractivity contribution in [2.24, 2.45) is 0 Å². The molecule has 0 bridgehead atoms. The molecule has 0 saturated carbocycles. The molecule has 7 nitrogen and oxygen atoms in total. The summed E-state index contributed by atoms with van der Waals surface area (Å²) in [7, 11) is -4.12. The van der Waals surface area contributed by atoms with Crippen LogP contribution >= 0.6 is 23.2 Å². The number of sulfonamides is 1. The van der Waals surface area contributed by atoms with Crippen molar-refractivity contribution in [2.75, 3.05) is 17.4 Å². The summed E-state index contributed by atoms with van der Waals surface area (Å²) in [5.74, 6) is -0.902. The molecule has 202 valence electrons. The number of nitrogens with zero attached hydrogens (tertiary/aromatic N) is 2. The first-order chi connectivity index (χ1) is 17.9. The van der Waals surface area contributed by atoms with Gasteiger partial charge in [-0.15, -0.1) is 0 Å². The molecule has 0 aromatic heterocycles. The Morgan fingerprint density at radius 1 is 0.947 bits per heavy atom. The molecule has 1 unspecified atom stereocenters. The summed E-state index contributed by atoms with van der Waals surface area (Å²) in [5, 5.41) is 3.40. The molecule has 38 heavy (non-hydrogen) atoms. The molecular formula is C28H31Cl2N3O4S. The third-order valence-corrected chi connectivity index (χ3v) is 8.61. The summed E-state index contributed by atoms with van der Waals surface area (Å²) in [6, 6.07) is 17.4. The van der Waals surface area contributed by atoms with E-state index in [9.17, 15) is 18.0 Å². The number of benzene rings is 3. The minimum Gasteiger partial charge on any atom is -0.355 e. The van der Waals surface area contributed by atoms with Crippen LogP contribution in [-0.2, 0) is 26.2 Å². The van der Waals surface area contributed by atoms with Crippen LogP contribution in [0.1, 0.15) is 30.5 Å². The Balaban J connectivity index is 2.07. The van der Waals surface area contributed by atoms with Crippen LogP contribution in [0.4, 0.5) is 5.69 Å². The number of hydrogen-bond acceptors (Lipinski definition) is 4. The van der Waals surface area contributed by atoms with E-state index in [-0.39, 0.29) is 17.3 Å². The van der Waals surface area contributed by atoms with Gasteiger partial charge in [0.2, 0.25) is 11.8 Å². The van der Waals surface area contributed by atoms with Crippen molar-refractivity contribution < 1.29 is 18.0 Å². The van der Waals surface area contributed by atoms with Crippen molar-refractivity contribution in [2.45, 2.75) is 45.2 Å². The van der Waals surface area contributed by atoms with Crippen LogP contribution in [0.5, 0.6) is 0 Å². The van der Waals surface area contributed by atoms with E-state index < -0.39 is 28.5 Å². The summed E-state index contributed by atoms with van der Waals surface area (Å²) in [4.78, 5) is 28.1. The second kappa shape index (κ2) is 12.7. The summed E-state index contributed by atoms with van der Waals surface area (Å²) >= 11 is 12.2. The zero-order valence-electron chi connectivity index (χ0n) is 21.7. The molecule has 0 aliphatic carbocycles. The normalized spacial score (nSPS) is 12.1. The number of carbonyl (C=O) groups is 2. The molecule has 1 N–H and O–H groups in total. The van der Waals surface area contributed by atoms with Crippen LogP contribution in [-0.4, -0.2) is 44.3 Å². The third kappa shape index (κ3) is 6.87. The lowest BCUT2D eigenvalue weighted by atomic mass is 10.1. The Labute approximate surface area is 234 Å². The average molecular weight is 577 g/mol. The molecule has 0 spiro atoms. The van der Waals surface area contributed by atoms with Crippen molar-refractivity contribution >= 4 is 50.7 Å². The van der Waals surface area contributed by atoms with Gasteiger partial charge in [-0.25, -0.2) is 8.42 Å². The lowest BCUT2D eigenvalue weighted by Gasteiger charge is -2.32. The predicted molar refractivity (Wildman–Crippen MR) is 152 cm³/mol. The molecule has 0 aliphatic heterocycles. The Kier molecular flexibility index (Phi) is 9.82. The van der Waals surface area contributed by atoms with E-state index in [0.717, 1.165) is 9.87 Å². The SMILES string of the molecule is CCNC(=O)C(C)N(Cc1ccc(Cl)c(Cl)c1)C(=O)CN(c1cc(C)ccc1C)S(=O)(=O)c1ccccc1. The Morgan fingerprint density at radius 3 is 2.26 bits per heavy atom. The maximum Gasteiger partial charge on any atom is 0.264 e. The van der Waals surface area contributed by atoms with E-state index in [0.29, 0.717) is 33.4 Å². The predicted octanol–water partition coefficient (Wildman–Crippen LogP) is 5.36. The van der Waals surface area contributed by atoms with E-state index >= 15 is 0 Å². The van der Waals surface area contributed by atoms with Crippen molar-refractivity contribution in [1.82, 2.24) is 10.2 Å². The molecule has 0 heterocycles. The molecule has 10 heteroatoms. The van der Waals surface area contributed by atoms with Crippen molar-refractivity contribution in [3.05, 3.63) is 93.5 Å². The summed E-state index contributed by atoms with van der Waals surface area (Å²) in [6.45, 7) is 6.93. The molecule has 3 rings (SSSR count). The monoisotopic (exact) mass is 575 g/mol. The number of likely N-dealkylation sites (N-methyl/N-ethyl adjacent to an activating group) is 1. The molecular weight excluding hydrogens is 545 g/mol. The van der Waals surface area contributed by atoms with E-state index in [2.05, 4.69) is 5.32 Å². The van der Waals surface area contributed by atoms with E-state index in [1.807, 2.05) is 19.1 Å². The molecule has 0 radical (unpaired) electrons. The Morgan fingerprint density at radius 2 is 1.63 bits per heavy atom. The molecule has 0 saturated heterocycles. The van der Waals surface area contributed by atoms with Gasteiger partial charge in [0.1, 0.15) is 12.6 Å². The van der Waals surface area contributed by atoms with Crippen molar-refractivity contribution in [1.29, 1.82) is 0 Å². The third-order valence-electron chi connectivity index (χ3n) is 6.10. The molecule has 0 aliphatic rings. The standard InChI is InChI=1S/C28H31Cl2N3O4S/c1-5-31-28(35)21(4)32(17-22-13-14-24(29)25(30)16-22)27(34)18-33(26-15-19(2)11-12-20(26)3)38(36,37)23-9-7-6-8-10-23/h6-16,21H,5,17-18H2,1-4H3,(H,31,35). The summed E-state index contributed by atoms with van der Waals surface area (Å²) < 4.78 is 28.8. The van der Waals surface area contributed by atoms with Gasteiger partial charge in [0.05, 0.1) is 20.6 Å². The highest BCUT2D eigenvalue weighted by Crippen LogP contribution is 2.29. The van der Waals surface area contributed by atoms with Crippen LogP contribution in [0.3, 0.4) is 0 Å². The summed E-state index contributed by atoms with van der Waals surface area (Å²) in [5.41, 5.74) is 2.57. The first-order valence-electron chi connectivity index (χ1n) is 12.1. The highest BCUT2D eigenvalue weighted by Gasteiger charge is 2.33. The van der Waals surface area contributed by atoms with Crippen molar-refractivity contribution in [3.8, 4) is 0 Å². The number of nitrogens with one attached hydrogen (secondary N) is 1. The fraction of sp³-hybridized carbons (Fsp3) is 0.286. The Hall–Kier alpha value is -3.07.